The molecule has 1 N–H and O–H groups in total. The van der Waals surface area contributed by atoms with Gasteiger partial charge in [-0.2, -0.15) is 5.10 Å². The van der Waals surface area contributed by atoms with Gasteiger partial charge in [-0.25, -0.2) is 0 Å². The SMILES string of the molecule is CCc1nn(C)c(CNCCCOCCCl)c1Br. The molecule has 0 amide bonds. The first-order valence-corrected chi connectivity index (χ1v) is 7.58. The van der Waals surface area contributed by atoms with Crippen LogP contribution in [0.5, 0.6) is 0 Å². The molecule has 1 heterocycles. The zero-order chi connectivity index (χ0) is 13.4. The second kappa shape index (κ2) is 8.91. The van der Waals surface area contributed by atoms with Gasteiger partial charge in [0.05, 0.1) is 22.5 Å². The number of halogens is 2. The maximum Gasteiger partial charge on any atom is 0.0767 e. The Morgan fingerprint density at radius 3 is 2.83 bits per heavy atom. The van der Waals surface area contributed by atoms with Crippen LogP contribution in [0, 0.1) is 0 Å². The fourth-order valence-corrected chi connectivity index (χ4v) is 2.54. The van der Waals surface area contributed by atoms with E-state index < -0.39 is 0 Å². The third-order valence-electron chi connectivity index (χ3n) is 2.66. The van der Waals surface area contributed by atoms with E-state index in [0.29, 0.717) is 12.5 Å². The third kappa shape index (κ3) is 4.88. The summed E-state index contributed by atoms with van der Waals surface area (Å²) in [6.45, 7) is 5.25. The fourth-order valence-electron chi connectivity index (χ4n) is 1.67. The van der Waals surface area contributed by atoms with Gasteiger partial charge in [0.25, 0.3) is 0 Å². The first kappa shape index (κ1) is 16.0. The van der Waals surface area contributed by atoms with Crippen molar-refractivity contribution in [3.63, 3.8) is 0 Å². The third-order valence-corrected chi connectivity index (χ3v) is 3.73. The van der Waals surface area contributed by atoms with Crippen LogP contribution in [0.25, 0.3) is 0 Å². The van der Waals surface area contributed by atoms with Gasteiger partial charge in [0, 0.05) is 26.1 Å². The summed E-state index contributed by atoms with van der Waals surface area (Å²) in [5, 5.41) is 7.85. The van der Waals surface area contributed by atoms with Crippen LogP contribution in [0.2, 0.25) is 0 Å². The molecular formula is C12H21BrClN3O. The first-order chi connectivity index (χ1) is 8.70. The Balaban J connectivity index is 2.25. The van der Waals surface area contributed by atoms with E-state index in [4.69, 9.17) is 16.3 Å². The van der Waals surface area contributed by atoms with Crippen molar-refractivity contribution >= 4 is 27.5 Å². The number of hydrogen-bond acceptors (Lipinski definition) is 3. The van der Waals surface area contributed by atoms with Gasteiger partial charge >= 0.3 is 0 Å². The molecule has 1 rings (SSSR count). The van der Waals surface area contributed by atoms with Crippen molar-refractivity contribution < 1.29 is 4.74 Å². The summed E-state index contributed by atoms with van der Waals surface area (Å²) in [5.41, 5.74) is 2.30. The van der Waals surface area contributed by atoms with Crippen molar-refractivity contribution in [1.82, 2.24) is 15.1 Å². The molecule has 0 saturated carbocycles. The fraction of sp³-hybridized carbons (Fsp3) is 0.750. The number of alkyl halides is 1. The quantitative estimate of drug-likeness (QED) is 0.555. The van der Waals surface area contributed by atoms with Crippen LogP contribution < -0.4 is 5.32 Å². The van der Waals surface area contributed by atoms with Crippen molar-refractivity contribution in [2.24, 2.45) is 7.05 Å². The Hall–Kier alpha value is -0.100. The Kier molecular flexibility index (Phi) is 7.90. The number of nitrogens with zero attached hydrogens (tertiary/aromatic N) is 2. The molecular weight excluding hydrogens is 318 g/mol. The van der Waals surface area contributed by atoms with Gasteiger partial charge in [-0.05, 0) is 35.3 Å². The standard InChI is InChI=1S/C12H21BrClN3O/c1-3-10-12(13)11(17(2)16-10)9-15-6-4-7-18-8-5-14/h15H,3-9H2,1-2H3. The Morgan fingerprint density at radius 2 is 2.22 bits per heavy atom. The highest BCUT2D eigenvalue weighted by atomic mass is 79.9. The average Bonchev–Trinajstić information content (AvgIpc) is 2.64. The highest BCUT2D eigenvalue weighted by Gasteiger charge is 2.11. The molecule has 4 nitrogen and oxygen atoms in total. The van der Waals surface area contributed by atoms with Gasteiger partial charge in [-0.15, -0.1) is 11.6 Å². The van der Waals surface area contributed by atoms with Crippen molar-refractivity contribution in [1.29, 1.82) is 0 Å². The monoisotopic (exact) mass is 337 g/mol. The van der Waals surface area contributed by atoms with Gasteiger partial charge in [0.15, 0.2) is 0 Å². The maximum absolute atomic E-state index is 5.52. The minimum Gasteiger partial charge on any atom is -0.380 e. The van der Waals surface area contributed by atoms with E-state index in [1.54, 1.807) is 0 Å². The minimum absolute atomic E-state index is 0.565. The van der Waals surface area contributed by atoms with Crippen LogP contribution >= 0.6 is 27.5 Å². The molecule has 0 aliphatic carbocycles. The predicted molar refractivity (Wildman–Crippen MR) is 78.1 cm³/mol. The molecule has 0 aromatic carbocycles. The summed E-state index contributed by atoms with van der Waals surface area (Å²) in [6.07, 6.45) is 1.94. The lowest BCUT2D eigenvalue weighted by molar-refractivity contribution is 0.146. The van der Waals surface area contributed by atoms with Crippen LogP contribution in [0.1, 0.15) is 24.7 Å². The lowest BCUT2D eigenvalue weighted by Crippen LogP contribution is -2.18. The van der Waals surface area contributed by atoms with Crippen molar-refractivity contribution in [2.75, 3.05) is 25.6 Å². The average molecular weight is 339 g/mol. The Bertz CT molecular complexity index is 357. The minimum atomic E-state index is 0.565. The summed E-state index contributed by atoms with van der Waals surface area (Å²) < 4.78 is 8.36. The normalized spacial score (nSPS) is 11.1. The molecule has 0 bridgehead atoms. The lowest BCUT2D eigenvalue weighted by atomic mass is 10.3. The molecule has 18 heavy (non-hydrogen) atoms. The van der Waals surface area contributed by atoms with Gasteiger partial charge in [-0.3, -0.25) is 4.68 Å². The zero-order valence-corrected chi connectivity index (χ0v) is 13.4. The number of nitrogens with one attached hydrogen (secondary N) is 1. The van der Waals surface area contributed by atoms with E-state index in [1.165, 1.54) is 5.69 Å². The van der Waals surface area contributed by atoms with Gasteiger partial charge in [0.1, 0.15) is 0 Å². The topological polar surface area (TPSA) is 39.1 Å². The van der Waals surface area contributed by atoms with E-state index in [0.717, 1.165) is 42.7 Å². The molecule has 0 unspecified atom stereocenters. The Labute approximate surface area is 122 Å². The van der Waals surface area contributed by atoms with Crippen LogP contribution in [-0.4, -0.2) is 35.4 Å². The summed E-state index contributed by atoms with van der Waals surface area (Å²) in [5.74, 6) is 0.565. The molecule has 0 aliphatic heterocycles. The van der Waals surface area contributed by atoms with E-state index in [1.807, 2.05) is 11.7 Å². The molecule has 104 valence electrons. The molecule has 0 aliphatic rings. The number of aromatic nitrogens is 2. The molecule has 1 aromatic rings. The summed E-state index contributed by atoms with van der Waals surface area (Å²) in [4.78, 5) is 0. The van der Waals surface area contributed by atoms with Gasteiger partial charge < -0.3 is 10.1 Å². The van der Waals surface area contributed by atoms with Crippen LogP contribution in [0.3, 0.4) is 0 Å². The van der Waals surface area contributed by atoms with Crippen LogP contribution in [-0.2, 0) is 24.8 Å². The van der Waals surface area contributed by atoms with Crippen LogP contribution in [0.4, 0.5) is 0 Å². The van der Waals surface area contributed by atoms with Gasteiger partial charge in [0.2, 0.25) is 0 Å². The molecule has 0 spiro atoms. The smallest absolute Gasteiger partial charge is 0.0767 e. The van der Waals surface area contributed by atoms with E-state index in [9.17, 15) is 0 Å². The van der Waals surface area contributed by atoms with Crippen molar-refractivity contribution in [3.05, 3.63) is 15.9 Å². The summed E-state index contributed by atoms with van der Waals surface area (Å²) in [6, 6.07) is 0. The van der Waals surface area contributed by atoms with E-state index >= 15 is 0 Å². The zero-order valence-electron chi connectivity index (χ0n) is 11.0. The summed E-state index contributed by atoms with van der Waals surface area (Å²) >= 11 is 9.12. The number of ether oxygens (including phenoxy) is 1. The number of aryl methyl sites for hydroxylation is 2. The molecule has 0 atom stereocenters. The van der Waals surface area contributed by atoms with Crippen molar-refractivity contribution in [2.45, 2.75) is 26.3 Å². The number of rotatable bonds is 9. The second-order valence-corrected chi connectivity index (χ2v) is 5.19. The molecule has 0 radical (unpaired) electrons. The second-order valence-electron chi connectivity index (χ2n) is 4.02. The van der Waals surface area contributed by atoms with E-state index in [-0.39, 0.29) is 0 Å². The molecule has 0 fully saturated rings. The molecule has 1 aromatic heterocycles. The molecule has 6 heteroatoms. The summed E-state index contributed by atoms with van der Waals surface area (Å²) in [7, 11) is 1.98. The maximum atomic E-state index is 5.52. The van der Waals surface area contributed by atoms with Crippen LogP contribution in [0.15, 0.2) is 4.47 Å². The highest BCUT2D eigenvalue weighted by molar-refractivity contribution is 9.10. The Morgan fingerprint density at radius 1 is 1.44 bits per heavy atom. The predicted octanol–water partition coefficient (Wildman–Crippen LogP) is 2.48. The van der Waals surface area contributed by atoms with E-state index in [2.05, 4.69) is 33.3 Å². The van der Waals surface area contributed by atoms with Crippen molar-refractivity contribution in [3.8, 4) is 0 Å². The molecule has 0 saturated heterocycles. The number of hydrogen-bond donors (Lipinski definition) is 1. The largest absolute Gasteiger partial charge is 0.380 e. The highest BCUT2D eigenvalue weighted by Crippen LogP contribution is 2.21. The first-order valence-electron chi connectivity index (χ1n) is 6.25. The lowest BCUT2D eigenvalue weighted by Gasteiger charge is -2.06. The van der Waals surface area contributed by atoms with Gasteiger partial charge in [-0.1, -0.05) is 6.92 Å².